The second kappa shape index (κ2) is 8.58. The van der Waals surface area contributed by atoms with E-state index in [0.29, 0.717) is 24.2 Å². The highest BCUT2D eigenvalue weighted by atomic mass is 32.2. The third-order valence-corrected chi connectivity index (χ3v) is 6.42. The average Bonchev–Trinajstić information content (AvgIpc) is 3.18. The minimum atomic E-state index is -3.24. The van der Waals surface area contributed by atoms with Gasteiger partial charge in [0.1, 0.15) is 23.6 Å². The number of hydrogen-bond donors (Lipinski definition) is 3. The van der Waals surface area contributed by atoms with E-state index in [-0.39, 0.29) is 13.2 Å². The number of hydrogen-bond acceptors (Lipinski definition) is 6. The molecule has 4 rings (SSSR count). The number of ether oxygens (including phenoxy) is 1. The summed E-state index contributed by atoms with van der Waals surface area (Å²) >= 11 is 0. The number of aromatic amines is 1. The highest BCUT2D eigenvalue weighted by molar-refractivity contribution is 7.88. The molecular weight excluding hydrogens is 416 g/mol. The summed E-state index contributed by atoms with van der Waals surface area (Å²) in [4.78, 5) is 9.80. The second-order valence-corrected chi connectivity index (χ2v) is 10.2. The molecule has 166 valence electrons. The molecular formula is C22H28N4O4S. The summed E-state index contributed by atoms with van der Waals surface area (Å²) in [5.74, 6) is 0.677. The lowest BCUT2D eigenvalue weighted by Gasteiger charge is -2.36. The van der Waals surface area contributed by atoms with Crippen molar-refractivity contribution in [3.63, 3.8) is 0 Å². The van der Waals surface area contributed by atoms with Crippen molar-refractivity contribution in [1.29, 1.82) is 0 Å². The first-order valence-corrected chi connectivity index (χ1v) is 12.2. The van der Waals surface area contributed by atoms with Crippen LogP contribution in [0.5, 0.6) is 5.75 Å². The Labute approximate surface area is 182 Å². The molecule has 0 saturated carbocycles. The van der Waals surface area contributed by atoms with Gasteiger partial charge in [0.05, 0.1) is 11.6 Å². The van der Waals surface area contributed by atoms with Crippen molar-refractivity contribution >= 4 is 21.1 Å². The van der Waals surface area contributed by atoms with Gasteiger partial charge in [0.15, 0.2) is 0 Å². The van der Waals surface area contributed by atoms with E-state index in [1.165, 1.54) is 0 Å². The van der Waals surface area contributed by atoms with E-state index >= 15 is 0 Å². The molecule has 1 fully saturated rings. The number of H-pyrrole nitrogens is 1. The number of sulfonamides is 1. The number of fused-ring (bicyclic) bond motifs is 1. The molecule has 3 N–H and O–H groups in total. The van der Waals surface area contributed by atoms with Crippen molar-refractivity contribution in [2.75, 3.05) is 33.0 Å². The smallest absolute Gasteiger partial charge is 0.209 e. The molecule has 1 aliphatic heterocycles. The van der Waals surface area contributed by atoms with Gasteiger partial charge in [-0.05, 0) is 37.1 Å². The highest BCUT2D eigenvalue weighted by Gasteiger charge is 2.32. The van der Waals surface area contributed by atoms with E-state index in [2.05, 4.69) is 26.6 Å². The lowest BCUT2D eigenvalue weighted by Crippen LogP contribution is -2.46. The number of aliphatic hydroxyl groups is 1. The number of rotatable bonds is 7. The molecule has 1 aliphatic rings. The maximum absolute atomic E-state index is 11.3. The average molecular weight is 445 g/mol. The van der Waals surface area contributed by atoms with E-state index < -0.39 is 15.6 Å². The summed E-state index contributed by atoms with van der Waals surface area (Å²) in [6.45, 7) is 2.18. The SMILES string of the molecule is CN1CCC(O)(COc2ccnc3[nH]cc(-c4ccc(CNS(C)(=O)=O)cc4)c23)CC1. The third kappa shape index (κ3) is 5.24. The monoisotopic (exact) mass is 444 g/mol. The molecule has 1 aromatic carbocycles. The first-order valence-electron chi connectivity index (χ1n) is 10.3. The van der Waals surface area contributed by atoms with Gasteiger partial charge >= 0.3 is 0 Å². The van der Waals surface area contributed by atoms with Gasteiger partial charge in [-0.15, -0.1) is 0 Å². The predicted molar refractivity (Wildman–Crippen MR) is 120 cm³/mol. The normalized spacial score (nSPS) is 17.1. The topological polar surface area (TPSA) is 108 Å². The van der Waals surface area contributed by atoms with Crippen molar-refractivity contribution in [2.24, 2.45) is 0 Å². The summed E-state index contributed by atoms with van der Waals surface area (Å²) < 4.78 is 31.2. The van der Waals surface area contributed by atoms with Crippen molar-refractivity contribution in [2.45, 2.75) is 25.0 Å². The number of aromatic nitrogens is 2. The first kappa shape index (κ1) is 21.8. The van der Waals surface area contributed by atoms with Crippen LogP contribution in [0.3, 0.4) is 0 Å². The Hall–Kier alpha value is -2.46. The van der Waals surface area contributed by atoms with E-state index in [1.807, 2.05) is 36.5 Å². The zero-order valence-corrected chi connectivity index (χ0v) is 18.6. The lowest BCUT2D eigenvalue weighted by atomic mass is 9.92. The number of likely N-dealkylation sites (tertiary alicyclic amines) is 1. The first-order chi connectivity index (χ1) is 14.7. The van der Waals surface area contributed by atoms with Gasteiger partial charge in [0.25, 0.3) is 0 Å². The van der Waals surface area contributed by atoms with Gasteiger partial charge in [0, 0.05) is 37.6 Å². The summed E-state index contributed by atoms with van der Waals surface area (Å²) in [5.41, 5.74) is 2.66. The zero-order valence-electron chi connectivity index (χ0n) is 17.8. The van der Waals surface area contributed by atoms with Crippen molar-refractivity contribution in [3.8, 4) is 16.9 Å². The van der Waals surface area contributed by atoms with Gasteiger partial charge < -0.3 is 19.7 Å². The molecule has 0 spiro atoms. The van der Waals surface area contributed by atoms with Gasteiger partial charge in [-0.2, -0.15) is 0 Å². The Kier molecular flexibility index (Phi) is 6.02. The molecule has 3 heterocycles. The van der Waals surface area contributed by atoms with Crippen LogP contribution in [0.2, 0.25) is 0 Å². The maximum atomic E-state index is 11.3. The fourth-order valence-corrected chi connectivity index (χ4v) is 4.21. The summed E-state index contributed by atoms with van der Waals surface area (Å²) in [7, 11) is -1.18. The Morgan fingerprint density at radius 3 is 2.61 bits per heavy atom. The van der Waals surface area contributed by atoms with Crippen molar-refractivity contribution in [3.05, 3.63) is 48.3 Å². The van der Waals surface area contributed by atoms with E-state index in [1.54, 1.807) is 6.20 Å². The molecule has 0 bridgehead atoms. The number of nitrogens with one attached hydrogen (secondary N) is 2. The van der Waals surface area contributed by atoms with Crippen LogP contribution >= 0.6 is 0 Å². The van der Waals surface area contributed by atoms with Gasteiger partial charge in [-0.3, -0.25) is 0 Å². The van der Waals surface area contributed by atoms with Gasteiger partial charge in [-0.25, -0.2) is 18.1 Å². The highest BCUT2D eigenvalue weighted by Crippen LogP contribution is 2.35. The van der Waals surface area contributed by atoms with E-state index in [4.69, 9.17) is 4.74 Å². The van der Waals surface area contributed by atoms with Crippen LogP contribution in [0.1, 0.15) is 18.4 Å². The van der Waals surface area contributed by atoms with Crippen LogP contribution in [-0.2, 0) is 16.6 Å². The van der Waals surface area contributed by atoms with Crippen molar-refractivity contribution in [1.82, 2.24) is 19.6 Å². The Morgan fingerprint density at radius 1 is 1.23 bits per heavy atom. The number of nitrogens with zero attached hydrogens (tertiary/aromatic N) is 2. The quantitative estimate of drug-likeness (QED) is 0.515. The molecule has 3 aromatic rings. The van der Waals surface area contributed by atoms with E-state index in [0.717, 1.165) is 41.4 Å². The molecule has 0 radical (unpaired) electrons. The summed E-state index contributed by atoms with van der Waals surface area (Å²) in [6.07, 6.45) is 6.08. The fraction of sp³-hybridized carbons (Fsp3) is 0.409. The minimum Gasteiger partial charge on any atom is -0.490 e. The lowest BCUT2D eigenvalue weighted by molar-refractivity contribution is -0.0479. The van der Waals surface area contributed by atoms with Crippen LogP contribution < -0.4 is 9.46 Å². The van der Waals surface area contributed by atoms with Crippen molar-refractivity contribution < 1.29 is 18.3 Å². The van der Waals surface area contributed by atoms with Crippen LogP contribution in [0.15, 0.2) is 42.7 Å². The Bertz CT molecular complexity index is 1150. The minimum absolute atomic E-state index is 0.237. The molecule has 0 atom stereocenters. The molecule has 31 heavy (non-hydrogen) atoms. The van der Waals surface area contributed by atoms with Crippen LogP contribution in [-0.4, -0.2) is 67.0 Å². The molecule has 8 nitrogen and oxygen atoms in total. The number of piperidine rings is 1. The largest absolute Gasteiger partial charge is 0.490 e. The molecule has 9 heteroatoms. The number of pyridine rings is 1. The standard InChI is InChI=1S/C22H28N4O4S/c1-26-11-8-22(27,9-12-26)15-30-19-7-10-23-21-20(19)18(14-24-21)17-5-3-16(4-6-17)13-25-31(2,28)29/h3-7,10,14,25,27H,8-9,11-13,15H2,1-2H3,(H,23,24). The molecule has 0 aliphatic carbocycles. The summed E-state index contributed by atoms with van der Waals surface area (Å²) in [5, 5.41) is 11.7. The Balaban J connectivity index is 1.55. The maximum Gasteiger partial charge on any atom is 0.209 e. The van der Waals surface area contributed by atoms with Gasteiger partial charge in [0.2, 0.25) is 10.0 Å². The molecule has 0 unspecified atom stereocenters. The molecule has 2 aromatic heterocycles. The van der Waals surface area contributed by atoms with E-state index in [9.17, 15) is 13.5 Å². The van der Waals surface area contributed by atoms with Crippen LogP contribution in [0.25, 0.3) is 22.2 Å². The Morgan fingerprint density at radius 2 is 1.94 bits per heavy atom. The van der Waals surface area contributed by atoms with Gasteiger partial charge in [-0.1, -0.05) is 24.3 Å². The number of benzene rings is 1. The molecule has 1 saturated heterocycles. The molecule has 0 amide bonds. The third-order valence-electron chi connectivity index (χ3n) is 5.75. The summed E-state index contributed by atoms with van der Waals surface area (Å²) in [6, 6.07) is 9.50. The van der Waals surface area contributed by atoms with Crippen LogP contribution in [0.4, 0.5) is 0 Å². The van der Waals surface area contributed by atoms with Crippen LogP contribution in [0, 0.1) is 0 Å². The second-order valence-electron chi connectivity index (χ2n) is 8.34. The fourth-order valence-electron chi connectivity index (χ4n) is 3.78. The zero-order chi connectivity index (χ0) is 22.1. The predicted octanol–water partition coefficient (Wildman–Crippen LogP) is 2.11.